The maximum Gasteiger partial charge on any atom is 0.240 e. The van der Waals surface area contributed by atoms with Crippen LogP contribution in [0.2, 0.25) is 5.02 Å². The van der Waals surface area contributed by atoms with Crippen LogP contribution in [0.3, 0.4) is 0 Å². The molecule has 0 fully saturated rings. The number of aliphatic hydroxyl groups is 1. The quantitative estimate of drug-likeness (QED) is 0.293. The van der Waals surface area contributed by atoms with Gasteiger partial charge in [0.25, 0.3) is 0 Å². The first kappa shape index (κ1) is 27.9. The third kappa shape index (κ3) is 9.78. The number of carbonyl (C=O) groups excluding carboxylic acids is 1. The number of carbonyl (C=O) groups is 1. The molecule has 2 aromatic carbocycles. The van der Waals surface area contributed by atoms with Crippen LogP contribution in [0, 0.1) is 0 Å². The van der Waals surface area contributed by atoms with Crippen molar-refractivity contribution in [1.82, 2.24) is 10.7 Å². The van der Waals surface area contributed by atoms with E-state index in [0.29, 0.717) is 43.4 Å². The maximum atomic E-state index is 11.2. The molecule has 2 aromatic rings. The van der Waals surface area contributed by atoms with Crippen molar-refractivity contribution in [3.63, 3.8) is 0 Å². The third-order valence-corrected chi connectivity index (χ3v) is 6.06. The van der Waals surface area contributed by atoms with Crippen molar-refractivity contribution in [3.8, 4) is 11.5 Å². The summed E-state index contributed by atoms with van der Waals surface area (Å²) in [7, 11) is 1.69. The van der Waals surface area contributed by atoms with Gasteiger partial charge in [-0.2, -0.15) is 5.10 Å². The van der Waals surface area contributed by atoms with Gasteiger partial charge in [-0.15, -0.1) is 0 Å². The largest absolute Gasteiger partial charge is 0.492 e. The van der Waals surface area contributed by atoms with Crippen molar-refractivity contribution in [2.45, 2.75) is 44.6 Å². The maximum absolute atomic E-state index is 11.2. The molecule has 0 aliphatic carbocycles. The first-order valence-electron chi connectivity index (χ1n) is 12.4. The van der Waals surface area contributed by atoms with Gasteiger partial charge in [-0.1, -0.05) is 23.7 Å². The Morgan fingerprint density at radius 3 is 2.64 bits per heavy atom. The molecule has 1 amide bonds. The Labute approximate surface area is 218 Å². The van der Waals surface area contributed by atoms with Gasteiger partial charge in [0.2, 0.25) is 5.91 Å². The van der Waals surface area contributed by atoms with Gasteiger partial charge in [-0.25, -0.2) is 5.43 Å². The van der Waals surface area contributed by atoms with Crippen molar-refractivity contribution in [3.05, 3.63) is 58.6 Å². The topological polar surface area (TPSA) is 101 Å². The molecule has 0 spiro atoms. The molecule has 0 aromatic heterocycles. The molecule has 3 rings (SSSR count). The van der Waals surface area contributed by atoms with Crippen LogP contribution in [0.15, 0.2) is 47.6 Å². The Hall–Kier alpha value is -2.65. The summed E-state index contributed by atoms with van der Waals surface area (Å²) in [4.78, 5) is 11.2. The number of methoxy groups -OCH3 is 1. The molecule has 0 saturated heterocycles. The molecule has 0 unspecified atom stereocenters. The van der Waals surface area contributed by atoms with E-state index in [4.69, 9.17) is 25.8 Å². The van der Waals surface area contributed by atoms with Crippen molar-refractivity contribution in [2.75, 3.05) is 40.0 Å². The lowest BCUT2D eigenvalue weighted by Crippen LogP contribution is -2.32. The van der Waals surface area contributed by atoms with Crippen LogP contribution in [0.1, 0.15) is 43.2 Å². The third-order valence-electron chi connectivity index (χ3n) is 5.77. The van der Waals surface area contributed by atoms with E-state index in [1.807, 2.05) is 42.5 Å². The second kappa shape index (κ2) is 15.5. The minimum Gasteiger partial charge on any atom is -0.492 e. The Kier molecular flexibility index (Phi) is 12.0. The molecule has 196 valence electrons. The fraction of sp³-hybridized carbons (Fsp3) is 0.481. The Bertz CT molecular complexity index is 984. The second-order valence-electron chi connectivity index (χ2n) is 8.70. The predicted octanol–water partition coefficient (Wildman–Crippen LogP) is 3.72. The molecule has 9 heteroatoms. The highest BCUT2D eigenvalue weighted by Gasteiger charge is 2.14. The predicted molar refractivity (Wildman–Crippen MR) is 141 cm³/mol. The number of nitrogens with one attached hydrogen (secondary N) is 2. The van der Waals surface area contributed by atoms with Gasteiger partial charge in [-0.3, -0.25) is 4.79 Å². The van der Waals surface area contributed by atoms with Gasteiger partial charge in [-0.05, 0) is 73.7 Å². The molecule has 1 atom stereocenters. The summed E-state index contributed by atoms with van der Waals surface area (Å²) in [5.41, 5.74) is 5.40. The lowest BCUT2D eigenvalue weighted by atomic mass is 10.0. The van der Waals surface area contributed by atoms with E-state index in [-0.39, 0.29) is 12.5 Å². The van der Waals surface area contributed by atoms with E-state index in [2.05, 4.69) is 15.8 Å². The zero-order valence-electron chi connectivity index (χ0n) is 20.8. The van der Waals surface area contributed by atoms with Gasteiger partial charge >= 0.3 is 0 Å². The highest BCUT2D eigenvalue weighted by Crippen LogP contribution is 2.27. The Morgan fingerprint density at radius 2 is 1.92 bits per heavy atom. The van der Waals surface area contributed by atoms with Crippen LogP contribution >= 0.6 is 11.6 Å². The lowest BCUT2D eigenvalue weighted by Gasteiger charge is -2.14. The van der Waals surface area contributed by atoms with E-state index in [9.17, 15) is 9.90 Å². The van der Waals surface area contributed by atoms with Gasteiger partial charge in [0.05, 0.1) is 23.9 Å². The fourth-order valence-corrected chi connectivity index (χ4v) is 3.92. The number of nitrogens with zero attached hydrogens (tertiary/aromatic N) is 1. The monoisotopic (exact) mass is 517 g/mol. The molecular formula is C27H36ClN3O5. The average Bonchev–Trinajstić information content (AvgIpc) is 2.89. The molecular weight excluding hydrogens is 482 g/mol. The molecule has 8 nitrogen and oxygen atoms in total. The molecule has 0 saturated carbocycles. The number of amides is 1. The van der Waals surface area contributed by atoms with Crippen molar-refractivity contribution < 1.29 is 24.1 Å². The first-order chi connectivity index (χ1) is 17.5. The van der Waals surface area contributed by atoms with E-state index in [0.717, 1.165) is 49.3 Å². The van der Waals surface area contributed by atoms with Crippen LogP contribution in [0.4, 0.5) is 0 Å². The first-order valence-corrected chi connectivity index (χ1v) is 12.8. The summed E-state index contributed by atoms with van der Waals surface area (Å²) in [6.07, 6.45) is 4.23. The highest BCUT2D eigenvalue weighted by molar-refractivity contribution is 6.32. The zero-order valence-corrected chi connectivity index (χ0v) is 21.6. The Balaban J connectivity index is 1.22. The van der Waals surface area contributed by atoms with Gasteiger partial charge < -0.3 is 24.6 Å². The zero-order chi connectivity index (χ0) is 25.6. The molecule has 1 heterocycles. The number of hydrogen-bond donors (Lipinski definition) is 3. The van der Waals surface area contributed by atoms with Crippen LogP contribution < -0.4 is 20.2 Å². The van der Waals surface area contributed by atoms with Gasteiger partial charge in [0.15, 0.2) is 0 Å². The lowest BCUT2D eigenvalue weighted by molar-refractivity contribution is -0.121. The van der Waals surface area contributed by atoms with Gasteiger partial charge in [0, 0.05) is 26.5 Å². The van der Waals surface area contributed by atoms with E-state index in [1.54, 1.807) is 7.11 Å². The number of hydrazone groups is 1. The van der Waals surface area contributed by atoms with Crippen molar-refractivity contribution in [2.24, 2.45) is 5.10 Å². The molecule has 0 radical (unpaired) electrons. The summed E-state index contributed by atoms with van der Waals surface area (Å²) >= 11 is 6.36. The Morgan fingerprint density at radius 1 is 1.08 bits per heavy atom. The average molecular weight is 518 g/mol. The van der Waals surface area contributed by atoms with E-state index >= 15 is 0 Å². The summed E-state index contributed by atoms with van der Waals surface area (Å²) in [6.45, 7) is 2.83. The molecule has 1 aliphatic heterocycles. The van der Waals surface area contributed by atoms with Crippen molar-refractivity contribution in [1.29, 1.82) is 0 Å². The standard InChI is InChI=1S/C27H36ClN3O5/c1-34-16-13-20-5-8-23(9-6-20)36-19-22(32)18-29-14-3-2-4-15-35-26-11-7-21(17-24(26)28)25-10-12-27(33)31-30-25/h5-9,11,17,22,29,32H,2-4,10,12-16,18-19H2,1H3,(H,31,33)/t22-/m0/s1. The summed E-state index contributed by atoms with van der Waals surface area (Å²) in [5.74, 6) is 1.33. The van der Waals surface area contributed by atoms with Crippen LogP contribution in [-0.2, 0) is 16.0 Å². The second-order valence-corrected chi connectivity index (χ2v) is 9.11. The highest BCUT2D eigenvalue weighted by atomic mass is 35.5. The number of benzene rings is 2. The number of ether oxygens (including phenoxy) is 3. The van der Waals surface area contributed by atoms with Crippen LogP contribution in [-0.4, -0.2) is 62.8 Å². The molecule has 0 bridgehead atoms. The fourth-order valence-electron chi connectivity index (χ4n) is 3.68. The smallest absolute Gasteiger partial charge is 0.240 e. The van der Waals surface area contributed by atoms with E-state index in [1.165, 1.54) is 5.56 Å². The summed E-state index contributed by atoms with van der Waals surface area (Å²) < 4.78 is 16.6. The number of hydrogen-bond acceptors (Lipinski definition) is 7. The van der Waals surface area contributed by atoms with Gasteiger partial charge in [0.1, 0.15) is 24.2 Å². The van der Waals surface area contributed by atoms with E-state index < -0.39 is 6.10 Å². The SMILES string of the molecule is COCCc1ccc(OC[C@@H](O)CNCCCCCOc2ccc(C3=NNC(=O)CC3)cc2Cl)cc1. The van der Waals surface area contributed by atoms with Crippen molar-refractivity contribution >= 4 is 23.2 Å². The molecule has 1 aliphatic rings. The minimum absolute atomic E-state index is 0.0684. The van der Waals surface area contributed by atoms with Crippen LogP contribution in [0.25, 0.3) is 0 Å². The van der Waals surface area contributed by atoms with Crippen LogP contribution in [0.5, 0.6) is 11.5 Å². The number of aliphatic hydroxyl groups excluding tert-OH is 1. The number of rotatable bonds is 16. The number of unbranched alkanes of at least 4 members (excludes halogenated alkanes) is 2. The molecule has 3 N–H and O–H groups in total. The summed E-state index contributed by atoms with van der Waals surface area (Å²) in [6, 6.07) is 13.4. The summed E-state index contributed by atoms with van der Waals surface area (Å²) in [5, 5.41) is 18.0. The normalized spacial score (nSPS) is 14.2. The molecule has 36 heavy (non-hydrogen) atoms. The number of halogens is 1. The minimum atomic E-state index is -0.567.